The summed E-state index contributed by atoms with van der Waals surface area (Å²) >= 11 is 0. The number of carbonyl (C=O) groups is 1. The SMILES string of the molecule is CC(C)(C)C(=O)Nc1cc2ccccc2oc1=O. The Hall–Kier alpha value is -2.10. The molecular formula is C14H15NO3. The Morgan fingerprint density at radius 2 is 1.89 bits per heavy atom. The minimum absolute atomic E-state index is 0.175. The molecule has 1 aromatic heterocycles. The van der Waals surface area contributed by atoms with E-state index in [0.717, 1.165) is 5.39 Å². The molecule has 4 nitrogen and oxygen atoms in total. The molecule has 0 saturated heterocycles. The van der Waals surface area contributed by atoms with Crippen LogP contribution in [0, 0.1) is 5.41 Å². The second-order valence-electron chi connectivity index (χ2n) is 5.19. The van der Waals surface area contributed by atoms with Gasteiger partial charge < -0.3 is 9.73 Å². The maximum absolute atomic E-state index is 11.8. The summed E-state index contributed by atoms with van der Waals surface area (Å²) in [4.78, 5) is 23.5. The molecule has 1 heterocycles. The fraction of sp³-hybridized carbons (Fsp3) is 0.286. The van der Waals surface area contributed by atoms with Crippen LogP contribution in [0.2, 0.25) is 0 Å². The number of amides is 1. The van der Waals surface area contributed by atoms with Crippen molar-refractivity contribution < 1.29 is 9.21 Å². The molecule has 1 N–H and O–H groups in total. The van der Waals surface area contributed by atoms with Gasteiger partial charge >= 0.3 is 5.63 Å². The number of fused-ring (bicyclic) bond motifs is 1. The molecule has 1 aromatic carbocycles. The largest absolute Gasteiger partial charge is 0.421 e. The molecule has 0 spiro atoms. The second-order valence-corrected chi connectivity index (χ2v) is 5.19. The first-order valence-electron chi connectivity index (χ1n) is 5.72. The summed E-state index contributed by atoms with van der Waals surface area (Å²) in [5, 5.41) is 3.38. The molecule has 0 saturated carbocycles. The Kier molecular flexibility index (Phi) is 2.95. The van der Waals surface area contributed by atoms with Crippen LogP contribution in [0.5, 0.6) is 0 Å². The standard InChI is InChI=1S/C14H15NO3/c1-14(2,3)13(17)15-10-8-9-6-4-5-7-11(9)18-12(10)16/h4-8H,1-3H3,(H,15,17). The van der Waals surface area contributed by atoms with E-state index in [9.17, 15) is 9.59 Å². The number of rotatable bonds is 1. The molecule has 0 aliphatic rings. The van der Waals surface area contributed by atoms with Crippen molar-refractivity contribution in [3.63, 3.8) is 0 Å². The Balaban J connectivity index is 2.43. The molecule has 2 rings (SSSR count). The maximum Gasteiger partial charge on any atom is 0.360 e. The van der Waals surface area contributed by atoms with E-state index in [1.807, 2.05) is 12.1 Å². The van der Waals surface area contributed by atoms with Crippen LogP contribution in [0.25, 0.3) is 11.0 Å². The molecule has 0 atom stereocenters. The highest BCUT2D eigenvalue weighted by molar-refractivity contribution is 5.95. The van der Waals surface area contributed by atoms with Crippen LogP contribution in [0.15, 0.2) is 39.5 Å². The van der Waals surface area contributed by atoms with Gasteiger partial charge in [-0.1, -0.05) is 39.0 Å². The van der Waals surface area contributed by atoms with E-state index < -0.39 is 11.0 Å². The summed E-state index contributed by atoms with van der Waals surface area (Å²) < 4.78 is 5.14. The van der Waals surface area contributed by atoms with E-state index in [1.165, 1.54) is 0 Å². The van der Waals surface area contributed by atoms with Gasteiger partial charge in [-0.25, -0.2) is 4.79 Å². The quantitative estimate of drug-likeness (QED) is 0.786. The summed E-state index contributed by atoms with van der Waals surface area (Å²) in [6.45, 7) is 5.35. The number of carbonyl (C=O) groups excluding carboxylic acids is 1. The van der Waals surface area contributed by atoms with Gasteiger partial charge in [-0.3, -0.25) is 4.79 Å². The van der Waals surface area contributed by atoms with Gasteiger partial charge in [-0.2, -0.15) is 0 Å². The van der Waals surface area contributed by atoms with Gasteiger partial charge in [0.25, 0.3) is 0 Å². The van der Waals surface area contributed by atoms with Crippen molar-refractivity contribution in [3.8, 4) is 0 Å². The topological polar surface area (TPSA) is 59.3 Å². The van der Waals surface area contributed by atoms with Crippen LogP contribution < -0.4 is 10.9 Å². The van der Waals surface area contributed by atoms with Crippen molar-refractivity contribution >= 4 is 22.6 Å². The lowest BCUT2D eigenvalue weighted by Crippen LogP contribution is -2.29. The molecule has 0 unspecified atom stereocenters. The van der Waals surface area contributed by atoms with E-state index in [-0.39, 0.29) is 11.6 Å². The van der Waals surface area contributed by atoms with Crippen LogP contribution in [0.3, 0.4) is 0 Å². The molecule has 94 valence electrons. The number of anilines is 1. The highest BCUT2D eigenvalue weighted by Gasteiger charge is 2.22. The van der Waals surface area contributed by atoms with E-state index in [1.54, 1.807) is 39.0 Å². The van der Waals surface area contributed by atoms with Crippen molar-refractivity contribution in [1.29, 1.82) is 0 Å². The van der Waals surface area contributed by atoms with E-state index in [2.05, 4.69) is 5.32 Å². The molecule has 0 aliphatic heterocycles. The Bertz CT molecular complexity index is 650. The van der Waals surface area contributed by atoms with Gasteiger partial charge in [-0.15, -0.1) is 0 Å². The van der Waals surface area contributed by atoms with Gasteiger partial charge in [0.2, 0.25) is 5.91 Å². The monoisotopic (exact) mass is 245 g/mol. The lowest BCUT2D eigenvalue weighted by Gasteiger charge is -2.17. The highest BCUT2D eigenvalue weighted by Crippen LogP contribution is 2.18. The zero-order valence-electron chi connectivity index (χ0n) is 10.6. The number of benzene rings is 1. The van der Waals surface area contributed by atoms with Gasteiger partial charge in [-0.05, 0) is 12.1 Å². The third kappa shape index (κ3) is 2.42. The highest BCUT2D eigenvalue weighted by atomic mass is 16.4. The minimum atomic E-state index is -0.557. The summed E-state index contributed by atoms with van der Waals surface area (Å²) in [6, 6.07) is 8.80. The number of para-hydroxylation sites is 1. The number of hydrogen-bond donors (Lipinski definition) is 1. The Morgan fingerprint density at radius 1 is 1.22 bits per heavy atom. The predicted octanol–water partition coefficient (Wildman–Crippen LogP) is 2.78. The van der Waals surface area contributed by atoms with Crippen molar-refractivity contribution in [2.45, 2.75) is 20.8 Å². The van der Waals surface area contributed by atoms with Crippen molar-refractivity contribution in [3.05, 3.63) is 40.8 Å². The average Bonchev–Trinajstić information content (AvgIpc) is 2.28. The molecule has 0 radical (unpaired) electrons. The molecular weight excluding hydrogens is 230 g/mol. The van der Waals surface area contributed by atoms with Crippen molar-refractivity contribution in [2.24, 2.45) is 5.41 Å². The first kappa shape index (κ1) is 12.4. The van der Waals surface area contributed by atoms with E-state index in [0.29, 0.717) is 5.58 Å². The third-order valence-electron chi connectivity index (χ3n) is 2.57. The lowest BCUT2D eigenvalue weighted by atomic mass is 9.95. The number of hydrogen-bond acceptors (Lipinski definition) is 3. The zero-order chi connectivity index (χ0) is 13.3. The zero-order valence-corrected chi connectivity index (χ0v) is 10.6. The minimum Gasteiger partial charge on any atom is -0.421 e. The molecule has 0 fully saturated rings. The smallest absolute Gasteiger partial charge is 0.360 e. The summed E-state index contributed by atoms with van der Waals surface area (Å²) in [5.74, 6) is -0.218. The number of nitrogens with one attached hydrogen (secondary N) is 1. The van der Waals surface area contributed by atoms with Crippen LogP contribution in [0.4, 0.5) is 5.69 Å². The van der Waals surface area contributed by atoms with E-state index >= 15 is 0 Å². The lowest BCUT2D eigenvalue weighted by molar-refractivity contribution is -0.123. The molecule has 0 bridgehead atoms. The fourth-order valence-electron chi connectivity index (χ4n) is 1.46. The normalized spacial score (nSPS) is 11.5. The molecule has 0 aliphatic carbocycles. The second kappa shape index (κ2) is 4.29. The Labute approximate surface area is 105 Å². The summed E-state index contributed by atoms with van der Waals surface area (Å²) in [7, 11) is 0. The average molecular weight is 245 g/mol. The summed E-state index contributed by atoms with van der Waals surface area (Å²) in [6.07, 6.45) is 0. The van der Waals surface area contributed by atoms with Crippen LogP contribution in [-0.4, -0.2) is 5.91 Å². The predicted molar refractivity (Wildman–Crippen MR) is 70.6 cm³/mol. The molecule has 4 heteroatoms. The first-order chi connectivity index (χ1) is 8.38. The van der Waals surface area contributed by atoms with Crippen LogP contribution in [-0.2, 0) is 4.79 Å². The van der Waals surface area contributed by atoms with Gasteiger partial charge in [0.15, 0.2) is 0 Å². The molecule has 1 amide bonds. The van der Waals surface area contributed by atoms with Crippen molar-refractivity contribution in [1.82, 2.24) is 0 Å². The van der Waals surface area contributed by atoms with Gasteiger partial charge in [0.1, 0.15) is 11.3 Å². The van der Waals surface area contributed by atoms with E-state index in [4.69, 9.17) is 4.42 Å². The molecule has 18 heavy (non-hydrogen) atoms. The van der Waals surface area contributed by atoms with Crippen molar-refractivity contribution in [2.75, 3.05) is 5.32 Å². The molecule has 2 aromatic rings. The summed E-state index contributed by atoms with van der Waals surface area (Å²) in [5.41, 5.74) is -0.408. The fourth-order valence-corrected chi connectivity index (χ4v) is 1.46. The van der Waals surface area contributed by atoms with Gasteiger partial charge in [0, 0.05) is 10.8 Å². The Morgan fingerprint density at radius 3 is 2.56 bits per heavy atom. The van der Waals surface area contributed by atoms with Gasteiger partial charge in [0.05, 0.1) is 0 Å². The third-order valence-corrected chi connectivity index (χ3v) is 2.57. The van der Waals surface area contributed by atoms with Crippen LogP contribution in [0.1, 0.15) is 20.8 Å². The van der Waals surface area contributed by atoms with Crippen LogP contribution >= 0.6 is 0 Å². The first-order valence-corrected chi connectivity index (χ1v) is 5.72. The maximum atomic E-state index is 11.8.